The average molecular weight is 253 g/mol. The fraction of sp³-hybridized carbons (Fsp3) is 0.692. The molecule has 102 valence electrons. The van der Waals surface area contributed by atoms with Crippen molar-refractivity contribution in [1.82, 2.24) is 14.9 Å². The van der Waals surface area contributed by atoms with E-state index in [1.807, 2.05) is 32.3 Å². The van der Waals surface area contributed by atoms with Crippen LogP contribution in [0, 0.1) is 0 Å². The minimum atomic E-state index is -0.479. The van der Waals surface area contributed by atoms with Crippen molar-refractivity contribution in [3.05, 3.63) is 18.2 Å². The maximum atomic E-state index is 11.7. The predicted molar refractivity (Wildman–Crippen MR) is 70.3 cm³/mol. The van der Waals surface area contributed by atoms with Crippen LogP contribution in [0.4, 0.5) is 4.79 Å². The van der Waals surface area contributed by atoms with Crippen molar-refractivity contribution in [2.75, 3.05) is 0 Å². The molecular formula is C13H23N3O2. The number of alkyl carbamates (subject to hydrolysis) is 1. The molecule has 0 aromatic carbocycles. The molecule has 0 bridgehead atoms. The van der Waals surface area contributed by atoms with Gasteiger partial charge in [-0.1, -0.05) is 6.92 Å². The molecule has 0 radical (unpaired) electrons. The fourth-order valence-electron chi connectivity index (χ4n) is 1.68. The number of hydrogen-bond acceptors (Lipinski definition) is 3. The molecular weight excluding hydrogens is 230 g/mol. The van der Waals surface area contributed by atoms with E-state index in [0.717, 1.165) is 18.7 Å². The highest BCUT2D eigenvalue weighted by Gasteiger charge is 2.19. The Hall–Kier alpha value is -1.52. The van der Waals surface area contributed by atoms with Crippen LogP contribution in [-0.2, 0) is 11.3 Å². The van der Waals surface area contributed by atoms with Crippen molar-refractivity contribution in [2.45, 2.75) is 59.2 Å². The summed E-state index contributed by atoms with van der Waals surface area (Å²) in [6, 6.07) is -0.117. The third-order valence-electron chi connectivity index (χ3n) is 2.39. The Bertz CT molecular complexity index is 393. The summed E-state index contributed by atoms with van der Waals surface area (Å²) in [6.07, 6.45) is 4.19. The lowest BCUT2D eigenvalue weighted by Crippen LogP contribution is -2.34. The Morgan fingerprint density at radius 2 is 2.22 bits per heavy atom. The molecule has 0 saturated carbocycles. The number of carbonyl (C=O) groups excluding carboxylic acids is 1. The van der Waals surface area contributed by atoms with Gasteiger partial charge in [0, 0.05) is 6.54 Å². The highest BCUT2D eigenvalue weighted by Crippen LogP contribution is 2.14. The van der Waals surface area contributed by atoms with E-state index in [1.54, 1.807) is 12.5 Å². The van der Waals surface area contributed by atoms with Crippen LogP contribution < -0.4 is 5.32 Å². The molecule has 5 nitrogen and oxygen atoms in total. The second-order valence-electron chi connectivity index (χ2n) is 5.38. The number of carbonyl (C=O) groups is 1. The van der Waals surface area contributed by atoms with E-state index in [1.165, 1.54) is 0 Å². The van der Waals surface area contributed by atoms with E-state index in [2.05, 4.69) is 17.2 Å². The summed E-state index contributed by atoms with van der Waals surface area (Å²) < 4.78 is 7.27. The molecule has 0 aliphatic carbocycles. The van der Waals surface area contributed by atoms with E-state index in [0.29, 0.717) is 0 Å². The zero-order valence-corrected chi connectivity index (χ0v) is 11.9. The van der Waals surface area contributed by atoms with Gasteiger partial charge >= 0.3 is 6.09 Å². The average Bonchev–Trinajstić information content (AvgIpc) is 2.63. The lowest BCUT2D eigenvalue weighted by molar-refractivity contribution is 0.0506. The van der Waals surface area contributed by atoms with Gasteiger partial charge in [0.15, 0.2) is 0 Å². The summed E-state index contributed by atoms with van der Waals surface area (Å²) in [4.78, 5) is 15.8. The van der Waals surface area contributed by atoms with Crippen molar-refractivity contribution >= 4 is 6.09 Å². The number of rotatable bonds is 4. The van der Waals surface area contributed by atoms with Crippen LogP contribution in [0.2, 0.25) is 0 Å². The Labute approximate surface area is 109 Å². The van der Waals surface area contributed by atoms with Crippen LogP contribution in [0.3, 0.4) is 0 Å². The first-order valence-electron chi connectivity index (χ1n) is 6.33. The van der Waals surface area contributed by atoms with Crippen LogP contribution in [0.1, 0.15) is 52.8 Å². The molecule has 5 heteroatoms. The van der Waals surface area contributed by atoms with Gasteiger partial charge in [0.25, 0.3) is 0 Å². The molecule has 1 heterocycles. The van der Waals surface area contributed by atoms with E-state index in [9.17, 15) is 4.79 Å². The summed E-state index contributed by atoms with van der Waals surface area (Å²) in [7, 11) is 0. The van der Waals surface area contributed by atoms with E-state index in [4.69, 9.17) is 4.74 Å². The number of imidazole rings is 1. The third-order valence-corrected chi connectivity index (χ3v) is 2.39. The normalized spacial score (nSPS) is 13.2. The van der Waals surface area contributed by atoms with Gasteiger partial charge < -0.3 is 14.6 Å². The van der Waals surface area contributed by atoms with Gasteiger partial charge in [-0.25, -0.2) is 9.78 Å². The molecule has 1 atom stereocenters. The molecule has 0 aliphatic rings. The Balaban J connectivity index is 2.62. The lowest BCUT2D eigenvalue weighted by Gasteiger charge is -2.22. The second kappa shape index (κ2) is 5.89. The van der Waals surface area contributed by atoms with Crippen LogP contribution >= 0.6 is 0 Å². The van der Waals surface area contributed by atoms with Gasteiger partial charge in [0.1, 0.15) is 5.60 Å². The number of hydrogen-bond donors (Lipinski definition) is 1. The zero-order valence-electron chi connectivity index (χ0n) is 11.9. The Morgan fingerprint density at radius 3 is 2.78 bits per heavy atom. The number of aryl methyl sites for hydroxylation is 1. The predicted octanol–water partition coefficient (Wildman–Crippen LogP) is 2.88. The van der Waals surface area contributed by atoms with Gasteiger partial charge in [0.05, 0.1) is 24.3 Å². The van der Waals surface area contributed by atoms with E-state index in [-0.39, 0.29) is 6.04 Å². The number of nitrogens with zero attached hydrogens (tertiary/aromatic N) is 2. The maximum Gasteiger partial charge on any atom is 0.408 e. The first-order valence-corrected chi connectivity index (χ1v) is 6.33. The largest absolute Gasteiger partial charge is 0.444 e. The molecule has 1 amide bonds. The molecule has 0 saturated heterocycles. The number of amides is 1. The number of nitrogens with one attached hydrogen (secondary N) is 1. The summed E-state index contributed by atoms with van der Waals surface area (Å²) >= 11 is 0. The maximum absolute atomic E-state index is 11.7. The monoisotopic (exact) mass is 253 g/mol. The summed E-state index contributed by atoms with van der Waals surface area (Å²) in [5.74, 6) is 0. The Kier molecular flexibility index (Phi) is 4.76. The topological polar surface area (TPSA) is 56.2 Å². The molecule has 0 spiro atoms. The molecule has 1 N–H and O–H groups in total. The third kappa shape index (κ3) is 4.39. The van der Waals surface area contributed by atoms with Crippen molar-refractivity contribution in [3.63, 3.8) is 0 Å². The van der Waals surface area contributed by atoms with Crippen LogP contribution in [0.5, 0.6) is 0 Å². The molecule has 1 rings (SSSR count). The van der Waals surface area contributed by atoms with Crippen LogP contribution in [0.15, 0.2) is 12.5 Å². The number of aromatic nitrogens is 2. The van der Waals surface area contributed by atoms with Crippen molar-refractivity contribution in [3.8, 4) is 0 Å². The lowest BCUT2D eigenvalue weighted by atomic mass is 10.2. The molecule has 0 aliphatic heterocycles. The fourth-order valence-corrected chi connectivity index (χ4v) is 1.68. The standard InChI is InChI=1S/C13H23N3O2/c1-6-7-16-9-14-8-11(16)10(2)15-12(17)18-13(3,4)5/h8-10H,6-7H2,1-5H3,(H,15,17)/t10-/m0/s1. The zero-order chi connectivity index (χ0) is 13.8. The second-order valence-corrected chi connectivity index (χ2v) is 5.38. The smallest absolute Gasteiger partial charge is 0.408 e. The molecule has 1 aromatic rings. The highest BCUT2D eigenvalue weighted by molar-refractivity contribution is 5.68. The van der Waals surface area contributed by atoms with E-state index < -0.39 is 11.7 Å². The van der Waals surface area contributed by atoms with Gasteiger partial charge in [-0.3, -0.25) is 0 Å². The quantitative estimate of drug-likeness (QED) is 0.897. The van der Waals surface area contributed by atoms with Gasteiger partial charge in [-0.2, -0.15) is 0 Å². The highest BCUT2D eigenvalue weighted by atomic mass is 16.6. The summed E-state index contributed by atoms with van der Waals surface area (Å²) in [5, 5.41) is 2.82. The Morgan fingerprint density at radius 1 is 1.56 bits per heavy atom. The minimum Gasteiger partial charge on any atom is -0.444 e. The molecule has 18 heavy (non-hydrogen) atoms. The molecule has 0 fully saturated rings. The van der Waals surface area contributed by atoms with Gasteiger partial charge in [-0.15, -0.1) is 0 Å². The first kappa shape index (κ1) is 14.5. The molecule has 1 aromatic heterocycles. The SMILES string of the molecule is CCCn1cncc1[C@H](C)NC(=O)OC(C)(C)C. The van der Waals surface area contributed by atoms with Crippen molar-refractivity contribution in [1.29, 1.82) is 0 Å². The summed E-state index contributed by atoms with van der Waals surface area (Å²) in [6.45, 7) is 10.5. The molecule has 0 unspecified atom stereocenters. The van der Waals surface area contributed by atoms with Crippen molar-refractivity contribution in [2.24, 2.45) is 0 Å². The minimum absolute atomic E-state index is 0.117. The van der Waals surface area contributed by atoms with Gasteiger partial charge in [0.2, 0.25) is 0 Å². The summed E-state index contributed by atoms with van der Waals surface area (Å²) in [5.41, 5.74) is 0.510. The van der Waals surface area contributed by atoms with Gasteiger partial charge in [-0.05, 0) is 34.1 Å². The number of ether oxygens (including phenoxy) is 1. The van der Waals surface area contributed by atoms with E-state index >= 15 is 0 Å². The van der Waals surface area contributed by atoms with Crippen LogP contribution in [0.25, 0.3) is 0 Å². The van der Waals surface area contributed by atoms with Crippen molar-refractivity contribution < 1.29 is 9.53 Å². The van der Waals surface area contributed by atoms with Crippen LogP contribution in [-0.4, -0.2) is 21.2 Å². The first-order chi connectivity index (χ1) is 8.33.